The highest BCUT2D eigenvalue weighted by Crippen LogP contribution is 2.22. The van der Waals surface area contributed by atoms with Gasteiger partial charge in [0.1, 0.15) is 11.6 Å². The molecule has 0 atom stereocenters. The van der Waals surface area contributed by atoms with Gasteiger partial charge in [-0.1, -0.05) is 29.8 Å². The first-order valence-corrected chi connectivity index (χ1v) is 10.6. The van der Waals surface area contributed by atoms with E-state index in [0.717, 1.165) is 5.56 Å². The number of aromatic nitrogens is 2. The van der Waals surface area contributed by atoms with Gasteiger partial charge in [0.2, 0.25) is 5.91 Å². The van der Waals surface area contributed by atoms with Crippen molar-refractivity contribution in [3.05, 3.63) is 71.2 Å². The fourth-order valence-corrected chi connectivity index (χ4v) is 2.97. The van der Waals surface area contributed by atoms with Crippen LogP contribution in [0.4, 0.5) is 11.6 Å². The summed E-state index contributed by atoms with van der Waals surface area (Å²) in [6.45, 7) is 3.38. The number of halogens is 1. The summed E-state index contributed by atoms with van der Waals surface area (Å²) in [5.74, 6) is 1.54. The van der Waals surface area contributed by atoms with Crippen LogP contribution < -0.4 is 21.3 Å². The van der Waals surface area contributed by atoms with Gasteiger partial charge in [-0.3, -0.25) is 9.59 Å². The molecule has 0 spiro atoms. The van der Waals surface area contributed by atoms with Crippen molar-refractivity contribution in [3.8, 4) is 11.4 Å². The van der Waals surface area contributed by atoms with Gasteiger partial charge < -0.3 is 21.3 Å². The molecule has 1 aromatic heterocycles. The Morgan fingerprint density at radius 3 is 2.00 bits per heavy atom. The van der Waals surface area contributed by atoms with Crippen LogP contribution in [-0.2, 0) is 4.79 Å². The van der Waals surface area contributed by atoms with Crippen LogP contribution in [-0.4, -0.2) is 48.0 Å². The average molecular weight is 453 g/mol. The predicted molar refractivity (Wildman–Crippen MR) is 127 cm³/mol. The molecule has 9 heteroatoms. The predicted octanol–water partition coefficient (Wildman–Crippen LogP) is 3.19. The quantitative estimate of drug-likeness (QED) is 0.352. The van der Waals surface area contributed by atoms with Crippen LogP contribution in [0.3, 0.4) is 0 Å². The molecule has 4 N–H and O–H groups in total. The van der Waals surface area contributed by atoms with Crippen molar-refractivity contribution in [2.45, 2.75) is 6.92 Å². The highest BCUT2D eigenvalue weighted by atomic mass is 35.5. The molecule has 0 fully saturated rings. The number of carbonyl (C=O) groups is 2. The molecule has 0 bridgehead atoms. The number of anilines is 2. The second-order valence-electron chi connectivity index (χ2n) is 6.93. The fourth-order valence-electron chi connectivity index (χ4n) is 2.84. The van der Waals surface area contributed by atoms with E-state index in [0.29, 0.717) is 54.2 Å². The number of nitrogens with one attached hydrogen (secondary N) is 4. The summed E-state index contributed by atoms with van der Waals surface area (Å²) in [7, 11) is 0. The SMILES string of the molecule is CC(=O)NCCNc1cc(NCCNC(=O)c2ccccc2)nc(-c2ccc(Cl)cc2)n1. The Hall–Kier alpha value is -3.65. The van der Waals surface area contributed by atoms with E-state index in [1.54, 1.807) is 30.3 Å². The van der Waals surface area contributed by atoms with E-state index < -0.39 is 0 Å². The molecule has 0 aliphatic rings. The summed E-state index contributed by atoms with van der Waals surface area (Å²) in [5, 5.41) is 12.6. The lowest BCUT2D eigenvalue weighted by molar-refractivity contribution is -0.118. The summed E-state index contributed by atoms with van der Waals surface area (Å²) in [4.78, 5) is 32.3. The number of amides is 2. The molecule has 2 amide bonds. The molecule has 0 unspecified atom stereocenters. The summed E-state index contributed by atoms with van der Waals surface area (Å²) in [6, 6.07) is 18.1. The van der Waals surface area contributed by atoms with Crippen LogP contribution in [0.5, 0.6) is 0 Å². The molecule has 3 rings (SSSR count). The van der Waals surface area contributed by atoms with E-state index in [9.17, 15) is 9.59 Å². The zero-order valence-electron chi connectivity index (χ0n) is 17.7. The second-order valence-corrected chi connectivity index (χ2v) is 7.36. The smallest absolute Gasteiger partial charge is 0.251 e. The molecule has 0 saturated heterocycles. The van der Waals surface area contributed by atoms with Crippen molar-refractivity contribution >= 4 is 35.1 Å². The zero-order chi connectivity index (χ0) is 22.8. The second kappa shape index (κ2) is 11.7. The van der Waals surface area contributed by atoms with Crippen LogP contribution >= 0.6 is 11.6 Å². The van der Waals surface area contributed by atoms with E-state index in [-0.39, 0.29) is 11.8 Å². The highest BCUT2D eigenvalue weighted by molar-refractivity contribution is 6.30. The van der Waals surface area contributed by atoms with Gasteiger partial charge in [0.05, 0.1) is 0 Å². The van der Waals surface area contributed by atoms with E-state index in [2.05, 4.69) is 31.2 Å². The first-order valence-electron chi connectivity index (χ1n) is 10.2. The maximum absolute atomic E-state index is 12.2. The van der Waals surface area contributed by atoms with Crippen LogP contribution in [0.1, 0.15) is 17.3 Å². The Balaban J connectivity index is 1.64. The first kappa shape index (κ1) is 23.0. The van der Waals surface area contributed by atoms with Crippen molar-refractivity contribution in [2.75, 3.05) is 36.8 Å². The molecule has 0 saturated carbocycles. The molecule has 1 heterocycles. The third kappa shape index (κ3) is 7.24. The number of benzene rings is 2. The summed E-state index contributed by atoms with van der Waals surface area (Å²) in [6.07, 6.45) is 0. The van der Waals surface area contributed by atoms with E-state index in [1.807, 2.05) is 30.3 Å². The molecule has 166 valence electrons. The number of rotatable bonds is 10. The Morgan fingerprint density at radius 2 is 1.41 bits per heavy atom. The number of hydrogen-bond donors (Lipinski definition) is 4. The average Bonchev–Trinajstić information content (AvgIpc) is 2.80. The third-order valence-electron chi connectivity index (χ3n) is 4.39. The van der Waals surface area contributed by atoms with Gasteiger partial charge in [-0.25, -0.2) is 9.97 Å². The van der Waals surface area contributed by atoms with Crippen LogP contribution in [0.15, 0.2) is 60.7 Å². The minimum Gasteiger partial charge on any atom is -0.368 e. The van der Waals surface area contributed by atoms with Crippen LogP contribution in [0.2, 0.25) is 5.02 Å². The van der Waals surface area contributed by atoms with Crippen molar-refractivity contribution in [1.29, 1.82) is 0 Å². The third-order valence-corrected chi connectivity index (χ3v) is 4.64. The molecule has 8 nitrogen and oxygen atoms in total. The highest BCUT2D eigenvalue weighted by Gasteiger charge is 2.08. The van der Waals surface area contributed by atoms with E-state index in [4.69, 9.17) is 11.6 Å². The first-order chi connectivity index (χ1) is 15.5. The molecule has 0 radical (unpaired) electrons. The minimum atomic E-state index is -0.128. The molecular weight excluding hydrogens is 428 g/mol. The lowest BCUT2D eigenvalue weighted by atomic mass is 10.2. The molecule has 0 aliphatic heterocycles. The Morgan fingerprint density at radius 1 is 0.812 bits per heavy atom. The Kier molecular flexibility index (Phi) is 8.39. The maximum atomic E-state index is 12.2. The van der Waals surface area contributed by atoms with Gasteiger partial charge in [0.15, 0.2) is 5.82 Å². The van der Waals surface area contributed by atoms with Crippen molar-refractivity contribution < 1.29 is 9.59 Å². The van der Waals surface area contributed by atoms with Crippen molar-refractivity contribution in [2.24, 2.45) is 0 Å². The van der Waals surface area contributed by atoms with Gasteiger partial charge in [-0.15, -0.1) is 0 Å². The largest absolute Gasteiger partial charge is 0.368 e. The van der Waals surface area contributed by atoms with Gasteiger partial charge in [-0.2, -0.15) is 0 Å². The van der Waals surface area contributed by atoms with Gasteiger partial charge in [0.25, 0.3) is 5.91 Å². The molecule has 2 aromatic carbocycles. The molecule has 3 aromatic rings. The summed E-state index contributed by atoms with van der Waals surface area (Å²) >= 11 is 5.99. The number of hydrogen-bond acceptors (Lipinski definition) is 6. The fraction of sp³-hybridized carbons (Fsp3) is 0.217. The van der Waals surface area contributed by atoms with Crippen LogP contribution in [0, 0.1) is 0 Å². The number of nitrogens with zero attached hydrogens (tertiary/aromatic N) is 2. The lowest BCUT2D eigenvalue weighted by Gasteiger charge is -2.12. The normalized spacial score (nSPS) is 10.3. The molecule has 0 aliphatic carbocycles. The van der Waals surface area contributed by atoms with E-state index >= 15 is 0 Å². The molecular formula is C23H25ClN6O2. The zero-order valence-corrected chi connectivity index (χ0v) is 18.4. The number of carbonyl (C=O) groups excluding carboxylic acids is 2. The molecule has 32 heavy (non-hydrogen) atoms. The summed E-state index contributed by atoms with van der Waals surface area (Å²) < 4.78 is 0. The van der Waals surface area contributed by atoms with Crippen LogP contribution in [0.25, 0.3) is 11.4 Å². The minimum absolute atomic E-state index is 0.0868. The van der Waals surface area contributed by atoms with Gasteiger partial charge >= 0.3 is 0 Å². The van der Waals surface area contributed by atoms with Gasteiger partial charge in [0, 0.05) is 55.3 Å². The summed E-state index contributed by atoms with van der Waals surface area (Å²) in [5.41, 5.74) is 1.44. The Labute approximate surface area is 191 Å². The van der Waals surface area contributed by atoms with E-state index in [1.165, 1.54) is 6.92 Å². The topological polar surface area (TPSA) is 108 Å². The standard InChI is InChI=1S/C23H25ClN6O2/c1-16(31)25-11-12-26-20-15-21(30-22(29-20)17-7-9-19(24)10-8-17)27-13-14-28-23(32)18-5-3-2-4-6-18/h2-10,15H,11-14H2,1H3,(H,25,31)(H,28,32)(H2,26,27,29,30). The maximum Gasteiger partial charge on any atom is 0.251 e. The monoisotopic (exact) mass is 452 g/mol. The van der Waals surface area contributed by atoms with Crippen molar-refractivity contribution in [3.63, 3.8) is 0 Å². The van der Waals surface area contributed by atoms with Gasteiger partial charge in [-0.05, 0) is 36.4 Å². The Bertz CT molecular complexity index is 1040. The lowest BCUT2D eigenvalue weighted by Crippen LogP contribution is -2.29. The van der Waals surface area contributed by atoms with Crippen molar-refractivity contribution in [1.82, 2.24) is 20.6 Å².